The first-order valence-electron chi connectivity index (χ1n) is 5.71. The van der Waals surface area contributed by atoms with Crippen molar-refractivity contribution >= 4 is 31.4 Å². The van der Waals surface area contributed by atoms with E-state index in [2.05, 4.69) is 0 Å². The average Bonchev–Trinajstić information content (AvgIpc) is 2.91. The third-order valence-corrected chi connectivity index (χ3v) is 3.83. The van der Waals surface area contributed by atoms with Crippen molar-refractivity contribution in [2.24, 2.45) is 0 Å². The SMILES string of the molecule is O=C1C=C[C@]2(C[O][Po])CO[C@@H](c3ccccc3)N12. The first-order valence-corrected chi connectivity index (χ1v) is 7.00. The summed E-state index contributed by atoms with van der Waals surface area (Å²) >= 11 is 1.05. The van der Waals surface area contributed by atoms with Crippen LogP contribution in [0.15, 0.2) is 42.5 Å². The van der Waals surface area contributed by atoms with Gasteiger partial charge in [-0.3, -0.25) is 0 Å². The van der Waals surface area contributed by atoms with Gasteiger partial charge in [0.15, 0.2) is 0 Å². The monoisotopic (exact) mass is 439 g/mol. The molecule has 1 radical (unpaired) electrons. The Balaban J connectivity index is 1.95. The van der Waals surface area contributed by atoms with Crippen LogP contribution in [0.5, 0.6) is 0 Å². The Bertz CT molecular complexity index is 490. The van der Waals surface area contributed by atoms with Gasteiger partial charge in [-0.05, 0) is 0 Å². The van der Waals surface area contributed by atoms with Crippen LogP contribution in [-0.2, 0) is 12.3 Å². The Morgan fingerprint density at radius 1 is 1.44 bits per heavy atom. The molecular formula is C13H12NO3Po. The number of amides is 1. The number of nitrogens with zero attached hydrogens (tertiary/aromatic N) is 1. The van der Waals surface area contributed by atoms with E-state index in [-0.39, 0.29) is 12.1 Å². The Morgan fingerprint density at radius 3 is 2.94 bits per heavy atom. The number of carbonyl (C=O) groups is 1. The molecule has 1 amide bonds. The van der Waals surface area contributed by atoms with E-state index in [1.807, 2.05) is 36.4 Å². The molecule has 0 bridgehead atoms. The van der Waals surface area contributed by atoms with Gasteiger partial charge in [0.1, 0.15) is 0 Å². The Kier molecular flexibility index (Phi) is 3.23. The van der Waals surface area contributed by atoms with Crippen molar-refractivity contribution in [1.29, 1.82) is 0 Å². The van der Waals surface area contributed by atoms with Crippen LogP contribution in [0.2, 0.25) is 0 Å². The molecule has 1 aromatic carbocycles. The Labute approximate surface area is 121 Å². The summed E-state index contributed by atoms with van der Waals surface area (Å²) in [6, 6.07) is 9.81. The predicted octanol–water partition coefficient (Wildman–Crippen LogP) is 0.953. The summed E-state index contributed by atoms with van der Waals surface area (Å²) in [6.45, 7) is 0.982. The summed E-state index contributed by atoms with van der Waals surface area (Å²) in [7, 11) is 0. The van der Waals surface area contributed by atoms with Gasteiger partial charge in [-0.2, -0.15) is 0 Å². The van der Waals surface area contributed by atoms with E-state index in [1.165, 1.54) is 0 Å². The van der Waals surface area contributed by atoms with E-state index in [9.17, 15) is 4.79 Å². The zero-order valence-corrected chi connectivity index (χ0v) is 12.8. The van der Waals surface area contributed by atoms with Crippen molar-refractivity contribution in [3.05, 3.63) is 48.0 Å². The van der Waals surface area contributed by atoms with Crippen LogP contribution in [0.4, 0.5) is 0 Å². The molecule has 0 aromatic heterocycles. The second-order valence-corrected chi connectivity index (χ2v) is 5.40. The molecule has 18 heavy (non-hydrogen) atoms. The third kappa shape index (κ3) is 1.82. The molecular weight excluding hydrogens is 427 g/mol. The molecule has 2 aliphatic rings. The van der Waals surface area contributed by atoms with Crippen molar-refractivity contribution in [3.8, 4) is 0 Å². The summed E-state index contributed by atoms with van der Waals surface area (Å²) in [5.74, 6) is -0.00611. The molecule has 3 rings (SSSR count). The molecule has 5 heteroatoms. The second kappa shape index (κ2) is 4.73. The van der Waals surface area contributed by atoms with Crippen LogP contribution in [0.25, 0.3) is 0 Å². The second-order valence-electron chi connectivity index (χ2n) is 4.48. The molecule has 0 spiro atoms. The number of rotatable bonds is 3. The third-order valence-electron chi connectivity index (χ3n) is 3.37. The summed E-state index contributed by atoms with van der Waals surface area (Å²) < 4.78 is 11.1. The first-order chi connectivity index (χ1) is 8.77. The van der Waals surface area contributed by atoms with Gasteiger partial charge in [0.2, 0.25) is 0 Å². The molecule has 1 saturated heterocycles. The number of ether oxygens (including phenoxy) is 1. The predicted molar refractivity (Wildman–Crippen MR) is 65.6 cm³/mol. The van der Waals surface area contributed by atoms with Crippen LogP contribution < -0.4 is 0 Å². The molecule has 4 nitrogen and oxygen atoms in total. The molecule has 0 aliphatic carbocycles. The maximum atomic E-state index is 12.0. The van der Waals surface area contributed by atoms with E-state index >= 15 is 0 Å². The number of benzene rings is 1. The van der Waals surface area contributed by atoms with Crippen molar-refractivity contribution in [3.63, 3.8) is 0 Å². The molecule has 93 valence electrons. The summed E-state index contributed by atoms with van der Waals surface area (Å²) in [5, 5.41) is 0. The summed E-state index contributed by atoms with van der Waals surface area (Å²) in [5.41, 5.74) is 0.583. The number of hydrogen-bond donors (Lipinski definition) is 0. The van der Waals surface area contributed by atoms with Gasteiger partial charge < -0.3 is 0 Å². The maximum absolute atomic E-state index is 12.0. The fourth-order valence-corrected chi connectivity index (χ4v) is 3.29. The molecule has 2 heterocycles. The molecule has 2 atom stereocenters. The van der Waals surface area contributed by atoms with Gasteiger partial charge in [0.25, 0.3) is 0 Å². The van der Waals surface area contributed by atoms with E-state index in [0.29, 0.717) is 13.2 Å². The van der Waals surface area contributed by atoms with Crippen LogP contribution in [0.1, 0.15) is 11.8 Å². The van der Waals surface area contributed by atoms with E-state index in [0.717, 1.165) is 31.1 Å². The van der Waals surface area contributed by atoms with Crippen LogP contribution in [0, 0.1) is 0 Å². The quantitative estimate of drug-likeness (QED) is 0.705. The Hall–Kier alpha value is -0.754. The molecule has 0 N–H and O–H groups in total. The standard InChI is InChI=1S/C13H12NO3.Po/c15-8-13-7-6-11(16)14(13)12(17-9-13)10-4-2-1-3-5-10;/h1-7,12H,8-9H2;/q-1;+1/t12-,13-;/m0./s1. The normalized spacial score (nSPS) is 29.9. The van der Waals surface area contributed by atoms with Crippen LogP contribution in [-0.4, -0.2) is 55.1 Å². The van der Waals surface area contributed by atoms with Gasteiger partial charge in [0, 0.05) is 0 Å². The summed E-state index contributed by atoms with van der Waals surface area (Å²) in [6.07, 6.45) is 3.22. The number of hydrogen-bond acceptors (Lipinski definition) is 3. The van der Waals surface area contributed by atoms with Crippen molar-refractivity contribution in [1.82, 2.24) is 4.90 Å². The van der Waals surface area contributed by atoms with E-state index < -0.39 is 5.54 Å². The molecule has 2 aliphatic heterocycles. The van der Waals surface area contributed by atoms with Gasteiger partial charge in [-0.1, -0.05) is 0 Å². The zero-order valence-electron chi connectivity index (χ0n) is 9.61. The van der Waals surface area contributed by atoms with Crippen LogP contribution >= 0.6 is 0 Å². The zero-order chi connectivity index (χ0) is 12.6. The molecule has 0 saturated carbocycles. The fourth-order valence-electron chi connectivity index (χ4n) is 2.50. The first kappa shape index (κ1) is 12.3. The van der Waals surface area contributed by atoms with Gasteiger partial charge in [-0.15, -0.1) is 0 Å². The van der Waals surface area contributed by atoms with Crippen LogP contribution in [0.3, 0.4) is 0 Å². The minimum atomic E-state index is -0.417. The number of fused-ring (bicyclic) bond motifs is 1. The molecule has 1 aromatic rings. The molecule has 0 unspecified atom stereocenters. The van der Waals surface area contributed by atoms with Gasteiger partial charge >= 0.3 is 122 Å². The fraction of sp³-hybridized carbons (Fsp3) is 0.308. The summed E-state index contributed by atoms with van der Waals surface area (Å²) in [4.78, 5) is 13.8. The average molecular weight is 439 g/mol. The van der Waals surface area contributed by atoms with E-state index in [1.54, 1.807) is 11.0 Å². The van der Waals surface area contributed by atoms with Crippen molar-refractivity contribution in [2.45, 2.75) is 11.8 Å². The molecule has 1 fully saturated rings. The van der Waals surface area contributed by atoms with Crippen molar-refractivity contribution in [2.75, 3.05) is 13.2 Å². The number of carbonyl (C=O) groups excluding carboxylic acids is 1. The Morgan fingerprint density at radius 2 is 2.22 bits per heavy atom. The van der Waals surface area contributed by atoms with E-state index in [4.69, 9.17) is 7.51 Å². The minimum absolute atomic E-state index is 0.00611. The van der Waals surface area contributed by atoms with Gasteiger partial charge in [0.05, 0.1) is 0 Å². The topological polar surface area (TPSA) is 38.8 Å². The van der Waals surface area contributed by atoms with Crippen molar-refractivity contribution < 1.29 is 12.3 Å². The van der Waals surface area contributed by atoms with Gasteiger partial charge in [-0.25, -0.2) is 0 Å².